The Bertz CT molecular complexity index is 3240. The van der Waals surface area contributed by atoms with Crippen LogP contribution in [-0.4, -0.2) is 0 Å². The Kier molecular flexibility index (Phi) is 13.7. The van der Waals surface area contributed by atoms with Crippen LogP contribution in [0.25, 0.3) is 46.6 Å². The van der Waals surface area contributed by atoms with Crippen LogP contribution in [0.2, 0.25) is 0 Å². The van der Waals surface area contributed by atoms with E-state index in [0.717, 1.165) is 79.5 Å². The second kappa shape index (κ2) is 20.8. The summed E-state index contributed by atoms with van der Waals surface area (Å²) in [7, 11) is 0. The smallest absolute Gasteiger partial charge is 0.135 e. The van der Waals surface area contributed by atoms with Crippen molar-refractivity contribution in [3.63, 3.8) is 0 Å². The molecule has 74 heavy (non-hydrogen) atoms. The van der Waals surface area contributed by atoms with Gasteiger partial charge >= 0.3 is 0 Å². The summed E-state index contributed by atoms with van der Waals surface area (Å²) >= 11 is 7.73. The van der Waals surface area contributed by atoms with Gasteiger partial charge in [0.2, 0.25) is 0 Å². The van der Waals surface area contributed by atoms with Gasteiger partial charge in [0, 0.05) is 10.8 Å². The van der Waals surface area contributed by atoms with Gasteiger partial charge in [-0.1, -0.05) is 233 Å². The van der Waals surface area contributed by atoms with Crippen LogP contribution in [0.5, 0.6) is 11.5 Å². The summed E-state index contributed by atoms with van der Waals surface area (Å²) < 4.78 is 15.0. The fourth-order valence-electron chi connectivity index (χ4n) is 11.6. The molecule has 0 unspecified atom stereocenters. The molecule has 0 aliphatic heterocycles. The third kappa shape index (κ3) is 9.38. The Morgan fingerprint density at radius 2 is 0.608 bits per heavy atom. The zero-order chi connectivity index (χ0) is 50.8. The van der Waals surface area contributed by atoms with Gasteiger partial charge in [0.05, 0.1) is 8.95 Å². The van der Waals surface area contributed by atoms with Crippen LogP contribution in [0.3, 0.4) is 0 Å². The molecule has 11 rings (SSSR count). The van der Waals surface area contributed by atoms with Crippen molar-refractivity contribution in [2.75, 3.05) is 0 Å². The average Bonchev–Trinajstić information content (AvgIpc) is 3.86. The molecule has 0 fully saturated rings. The van der Waals surface area contributed by atoms with Crippen molar-refractivity contribution in [1.29, 1.82) is 0 Å². The van der Waals surface area contributed by atoms with E-state index in [9.17, 15) is 0 Å². The molecule has 0 radical (unpaired) electrons. The first kappa shape index (κ1) is 48.8. The summed E-state index contributed by atoms with van der Waals surface area (Å²) in [6.45, 7) is 16.8. The SMILES string of the molecule is C=Cc1ccc(CC2(Cc3ccc(C=C)cc3)c3ccccc3-c3ccc(COc4cc(Br)c(OCc5ccc6c(c5)C(Cc5ccc(C=C)cc5)(Cc5ccc(C=C)cc5)c5ccccc5-6)cc4Br)cc32)cc1. The van der Waals surface area contributed by atoms with Crippen LogP contribution in [0.15, 0.2) is 229 Å². The number of halogens is 2. The van der Waals surface area contributed by atoms with Crippen LogP contribution in [0.4, 0.5) is 0 Å². The highest BCUT2D eigenvalue weighted by molar-refractivity contribution is 9.11. The van der Waals surface area contributed by atoms with Gasteiger partial charge < -0.3 is 9.47 Å². The Hall–Kier alpha value is -7.50. The van der Waals surface area contributed by atoms with E-state index in [1.165, 1.54) is 66.8 Å². The van der Waals surface area contributed by atoms with Gasteiger partial charge in [0.15, 0.2) is 0 Å². The predicted molar refractivity (Wildman–Crippen MR) is 317 cm³/mol. The van der Waals surface area contributed by atoms with Crippen molar-refractivity contribution in [2.45, 2.75) is 49.7 Å². The maximum absolute atomic E-state index is 6.68. The van der Waals surface area contributed by atoms with E-state index in [0.29, 0.717) is 13.2 Å². The van der Waals surface area contributed by atoms with Crippen molar-refractivity contribution in [1.82, 2.24) is 0 Å². The maximum Gasteiger partial charge on any atom is 0.135 e. The zero-order valence-electron chi connectivity index (χ0n) is 41.4. The molecule has 0 saturated heterocycles. The molecule has 362 valence electrons. The first-order chi connectivity index (χ1) is 36.2. The first-order valence-electron chi connectivity index (χ1n) is 25.3. The van der Waals surface area contributed by atoms with Crippen LogP contribution in [-0.2, 0) is 49.7 Å². The summed E-state index contributed by atoms with van der Waals surface area (Å²) in [6.07, 6.45) is 11.0. The van der Waals surface area contributed by atoms with Gasteiger partial charge in [0.1, 0.15) is 24.7 Å². The van der Waals surface area contributed by atoms with Crippen LogP contribution < -0.4 is 9.47 Å². The minimum atomic E-state index is -0.310. The molecular formula is C70H56Br2O2. The molecule has 2 aliphatic rings. The monoisotopic (exact) mass is 1090 g/mol. The number of rotatable bonds is 18. The second-order valence-corrected chi connectivity index (χ2v) is 21.5. The third-order valence-corrected chi connectivity index (χ3v) is 16.6. The lowest BCUT2D eigenvalue weighted by Gasteiger charge is -2.33. The van der Waals surface area contributed by atoms with Crippen molar-refractivity contribution >= 4 is 56.2 Å². The number of benzene rings is 9. The van der Waals surface area contributed by atoms with Crippen molar-refractivity contribution < 1.29 is 9.47 Å². The van der Waals surface area contributed by atoms with E-state index < -0.39 is 0 Å². The predicted octanol–water partition coefficient (Wildman–Crippen LogP) is 18.4. The fraction of sp³-hybridized carbons (Fsp3) is 0.114. The van der Waals surface area contributed by atoms with Gasteiger partial charge in [-0.2, -0.15) is 0 Å². The molecule has 9 aromatic rings. The van der Waals surface area contributed by atoms with Crippen molar-refractivity contribution in [3.05, 3.63) is 307 Å². The Morgan fingerprint density at radius 1 is 0.324 bits per heavy atom. The summed E-state index contributed by atoms with van der Waals surface area (Å²) in [6, 6.07) is 71.0. The summed E-state index contributed by atoms with van der Waals surface area (Å²) in [5, 5.41) is 0. The van der Waals surface area contributed by atoms with E-state index in [2.05, 4.69) is 240 Å². The van der Waals surface area contributed by atoms with E-state index in [1.807, 2.05) is 36.4 Å². The van der Waals surface area contributed by atoms with E-state index >= 15 is 0 Å². The lowest BCUT2D eigenvalue weighted by molar-refractivity contribution is 0.293. The number of hydrogen-bond donors (Lipinski definition) is 0. The standard InChI is InChI=1S/C70H56Br2O2/c1-5-47-17-25-51(26-18-47)41-69(42-52-27-19-48(6-2)20-28-52)61-15-11-9-13-57(61)59-35-33-55(37-63(59)69)45-73-67-39-66(72)68(40-65(67)71)74-46-56-34-36-60-58-14-10-12-16-62(58)70(64(60)38-56,43-53-29-21-49(7-3)22-30-53)44-54-31-23-50(8-4)24-32-54/h5-40H,1-4,41-46H2. The van der Waals surface area contributed by atoms with Gasteiger partial charge in [-0.05, 0) is 170 Å². The molecule has 0 heterocycles. The highest BCUT2D eigenvalue weighted by Crippen LogP contribution is 2.54. The summed E-state index contributed by atoms with van der Waals surface area (Å²) in [4.78, 5) is 0. The van der Waals surface area contributed by atoms with Crippen LogP contribution >= 0.6 is 31.9 Å². The van der Waals surface area contributed by atoms with Gasteiger partial charge in [-0.15, -0.1) is 0 Å². The molecule has 4 heteroatoms. The second-order valence-electron chi connectivity index (χ2n) is 19.8. The minimum absolute atomic E-state index is 0.310. The maximum atomic E-state index is 6.68. The molecule has 0 aromatic heterocycles. The topological polar surface area (TPSA) is 18.5 Å². The largest absolute Gasteiger partial charge is 0.488 e. The zero-order valence-corrected chi connectivity index (χ0v) is 44.6. The number of ether oxygens (including phenoxy) is 2. The number of fused-ring (bicyclic) bond motifs is 6. The lowest BCUT2D eigenvalue weighted by atomic mass is 9.69. The van der Waals surface area contributed by atoms with Crippen molar-refractivity contribution in [3.8, 4) is 33.8 Å². The molecule has 0 amide bonds. The molecule has 0 atom stereocenters. The molecule has 2 nitrogen and oxygen atoms in total. The molecule has 0 bridgehead atoms. The Balaban J connectivity index is 0.864. The number of hydrogen-bond acceptors (Lipinski definition) is 2. The summed E-state index contributed by atoms with van der Waals surface area (Å²) in [5.74, 6) is 1.46. The lowest BCUT2D eigenvalue weighted by Crippen LogP contribution is -2.31. The molecule has 0 N–H and O–H groups in total. The average molecular weight is 1090 g/mol. The Morgan fingerprint density at radius 3 is 0.919 bits per heavy atom. The van der Waals surface area contributed by atoms with E-state index in [4.69, 9.17) is 9.47 Å². The highest BCUT2D eigenvalue weighted by atomic mass is 79.9. The van der Waals surface area contributed by atoms with Crippen LogP contribution in [0, 0.1) is 0 Å². The molecule has 0 spiro atoms. The minimum Gasteiger partial charge on any atom is -0.488 e. The first-order valence-corrected chi connectivity index (χ1v) is 26.8. The molecule has 9 aromatic carbocycles. The molecule has 0 saturated carbocycles. The fourth-order valence-corrected chi connectivity index (χ4v) is 12.5. The van der Waals surface area contributed by atoms with Gasteiger partial charge in [0.25, 0.3) is 0 Å². The normalized spacial score (nSPS) is 13.2. The van der Waals surface area contributed by atoms with Crippen molar-refractivity contribution in [2.24, 2.45) is 0 Å². The van der Waals surface area contributed by atoms with Crippen LogP contribution in [0.1, 0.15) is 77.9 Å². The highest BCUT2D eigenvalue weighted by Gasteiger charge is 2.45. The van der Waals surface area contributed by atoms with Gasteiger partial charge in [-0.25, -0.2) is 0 Å². The Labute approximate surface area is 453 Å². The van der Waals surface area contributed by atoms with Gasteiger partial charge in [-0.3, -0.25) is 0 Å². The summed E-state index contributed by atoms with van der Waals surface area (Å²) in [5.41, 5.74) is 21.6. The third-order valence-electron chi connectivity index (χ3n) is 15.3. The van der Waals surface area contributed by atoms with E-state index in [1.54, 1.807) is 0 Å². The molecular weight excluding hydrogens is 1030 g/mol. The quantitative estimate of drug-likeness (QED) is 0.0853. The molecule has 2 aliphatic carbocycles. The van der Waals surface area contributed by atoms with E-state index in [-0.39, 0.29) is 10.8 Å².